The topological polar surface area (TPSA) is 29.3 Å². The Bertz CT molecular complexity index is 2220. The molecule has 0 unspecified atom stereocenters. The van der Waals surface area contributed by atoms with Gasteiger partial charge < -0.3 is 9.32 Å². The second-order valence-electron chi connectivity index (χ2n) is 10.9. The van der Waals surface area contributed by atoms with Crippen LogP contribution in [0, 0.1) is 6.92 Å². The minimum atomic E-state index is 0.865. The molecule has 0 atom stereocenters. The number of furan rings is 1. The van der Waals surface area contributed by atoms with Crippen molar-refractivity contribution in [1.29, 1.82) is 0 Å². The molecule has 204 valence electrons. The smallest absolute Gasteiger partial charge is 0.160 e. The number of anilines is 3. The minimum absolute atomic E-state index is 0.865. The zero-order chi connectivity index (χ0) is 28.8. The van der Waals surface area contributed by atoms with Crippen molar-refractivity contribution < 1.29 is 4.42 Å². The normalized spacial score (nSPS) is 11.4. The van der Waals surface area contributed by atoms with E-state index in [0.29, 0.717) is 0 Å². The van der Waals surface area contributed by atoms with Crippen molar-refractivity contribution >= 4 is 49.8 Å². The largest absolute Gasteiger partial charge is 0.453 e. The van der Waals surface area contributed by atoms with E-state index in [0.717, 1.165) is 61.1 Å². The first-order valence-electron chi connectivity index (χ1n) is 14.5. The van der Waals surface area contributed by atoms with Gasteiger partial charge in [-0.1, -0.05) is 103 Å². The Kier molecular flexibility index (Phi) is 6.01. The Balaban J connectivity index is 1.41. The number of hydrogen-bond acceptors (Lipinski definition) is 3. The maximum absolute atomic E-state index is 6.95. The molecule has 2 heterocycles. The zero-order valence-electron chi connectivity index (χ0n) is 23.7. The average molecular weight is 553 g/mol. The summed E-state index contributed by atoms with van der Waals surface area (Å²) in [5.74, 6) is 0. The summed E-state index contributed by atoms with van der Waals surface area (Å²) in [6.45, 7) is 2.12. The molecule has 0 fully saturated rings. The molecule has 2 aromatic heterocycles. The Hall–Kier alpha value is -5.67. The molecule has 0 saturated carbocycles. The number of rotatable bonds is 5. The summed E-state index contributed by atoms with van der Waals surface area (Å²) in [5.41, 5.74) is 10.7. The lowest BCUT2D eigenvalue weighted by molar-refractivity contribution is 0.673. The molecule has 8 aromatic rings. The van der Waals surface area contributed by atoms with Gasteiger partial charge in [0, 0.05) is 39.9 Å². The maximum atomic E-state index is 6.95. The standard InChI is InChI=1S/C40H28N2O/c1-27-13-15-30(16-14-27)34-23-24-37(40-38(34)36-22-19-29-8-5-6-12-35(29)39(36)43-40)42(32-10-3-2-4-11-32)33-20-17-28(18-21-33)31-9-7-25-41-26-31/h2-26H,1H3. The molecule has 0 saturated heterocycles. The van der Waals surface area contributed by atoms with Crippen molar-refractivity contribution in [1.82, 2.24) is 4.98 Å². The molecule has 0 amide bonds. The highest BCUT2D eigenvalue weighted by Gasteiger charge is 2.23. The second kappa shape index (κ2) is 10.3. The molecule has 0 N–H and O–H groups in total. The lowest BCUT2D eigenvalue weighted by atomic mass is 9.96. The molecule has 8 rings (SSSR count). The Morgan fingerprint density at radius 2 is 1.28 bits per heavy atom. The predicted molar refractivity (Wildman–Crippen MR) is 179 cm³/mol. The third-order valence-corrected chi connectivity index (χ3v) is 8.23. The molecule has 3 heteroatoms. The number of nitrogens with zero attached hydrogens (tertiary/aromatic N) is 2. The Labute approximate surface area is 250 Å². The molecule has 0 radical (unpaired) electrons. The van der Waals surface area contributed by atoms with Crippen LogP contribution in [0.4, 0.5) is 17.1 Å². The van der Waals surface area contributed by atoms with Gasteiger partial charge in [-0.05, 0) is 77.0 Å². The Morgan fingerprint density at radius 3 is 2.07 bits per heavy atom. The molecule has 0 bridgehead atoms. The van der Waals surface area contributed by atoms with E-state index in [1.807, 2.05) is 12.3 Å². The molecule has 6 aromatic carbocycles. The highest BCUT2D eigenvalue weighted by atomic mass is 16.3. The maximum Gasteiger partial charge on any atom is 0.160 e. The highest BCUT2D eigenvalue weighted by Crippen LogP contribution is 2.47. The van der Waals surface area contributed by atoms with Crippen LogP contribution in [0.25, 0.3) is 55.0 Å². The van der Waals surface area contributed by atoms with Gasteiger partial charge >= 0.3 is 0 Å². The molecule has 0 aliphatic rings. The summed E-state index contributed by atoms with van der Waals surface area (Å²) in [6, 6.07) is 49.3. The van der Waals surface area contributed by atoms with E-state index in [1.54, 1.807) is 6.20 Å². The van der Waals surface area contributed by atoms with Gasteiger partial charge in [-0.25, -0.2) is 0 Å². The Morgan fingerprint density at radius 1 is 0.535 bits per heavy atom. The quantitative estimate of drug-likeness (QED) is 0.213. The highest BCUT2D eigenvalue weighted by molar-refractivity contribution is 6.21. The summed E-state index contributed by atoms with van der Waals surface area (Å²) >= 11 is 0. The summed E-state index contributed by atoms with van der Waals surface area (Å²) in [7, 11) is 0. The lowest BCUT2D eigenvalue weighted by Crippen LogP contribution is -2.10. The average Bonchev–Trinajstić information content (AvgIpc) is 3.47. The van der Waals surface area contributed by atoms with E-state index in [-0.39, 0.29) is 0 Å². The van der Waals surface area contributed by atoms with Gasteiger partial charge in [0.25, 0.3) is 0 Å². The number of para-hydroxylation sites is 1. The molecule has 0 spiro atoms. The number of fused-ring (bicyclic) bond motifs is 5. The summed E-state index contributed by atoms with van der Waals surface area (Å²) in [5, 5.41) is 4.52. The first-order chi connectivity index (χ1) is 21.2. The number of aryl methyl sites for hydroxylation is 1. The fraction of sp³-hybridized carbons (Fsp3) is 0.0250. The van der Waals surface area contributed by atoms with Gasteiger partial charge in [-0.3, -0.25) is 4.98 Å². The van der Waals surface area contributed by atoms with Crippen molar-refractivity contribution in [2.75, 3.05) is 4.90 Å². The minimum Gasteiger partial charge on any atom is -0.453 e. The van der Waals surface area contributed by atoms with Crippen LogP contribution in [0.1, 0.15) is 5.56 Å². The van der Waals surface area contributed by atoms with Crippen molar-refractivity contribution in [3.05, 3.63) is 157 Å². The molecular formula is C40H28N2O. The molecule has 43 heavy (non-hydrogen) atoms. The van der Waals surface area contributed by atoms with Crippen molar-refractivity contribution in [3.63, 3.8) is 0 Å². The molecule has 0 aliphatic carbocycles. The van der Waals surface area contributed by atoms with Crippen LogP contribution in [-0.4, -0.2) is 4.98 Å². The first kappa shape index (κ1) is 25.1. The lowest BCUT2D eigenvalue weighted by Gasteiger charge is -2.26. The van der Waals surface area contributed by atoms with E-state index in [1.165, 1.54) is 16.5 Å². The van der Waals surface area contributed by atoms with Crippen molar-refractivity contribution in [2.45, 2.75) is 6.92 Å². The van der Waals surface area contributed by atoms with Crippen LogP contribution < -0.4 is 4.90 Å². The third kappa shape index (κ3) is 4.34. The number of hydrogen-bond donors (Lipinski definition) is 0. The third-order valence-electron chi connectivity index (χ3n) is 8.23. The van der Waals surface area contributed by atoms with Gasteiger partial charge in [-0.2, -0.15) is 0 Å². The van der Waals surface area contributed by atoms with E-state index < -0.39 is 0 Å². The molecule has 3 nitrogen and oxygen atoms in total. The van der Waals surface area contributed by atoms with Crippen LogP contribution >= 0.6 is 0 Å². The summed E-state index contributed by atoms with van der Waals surface area (Å²) < 4.78 is 6.95. The van der Waals surface area contributed by atoms with Crippen LogP contribution in [0.15, 0.2) is 156 Å². The van der Waals surface area contributed by atoms with E-state index in [4.69, 9.17) is 4.42 Å². The van der Waals surface area contributed by atoms with Gasteiger partial charge in [0.2, 0.25) is 0 Å². The van der Waals surface area contributed by atoms with Gasteiger partial charge in [0.05, 0.1) is 5.69 Å². The SMILES string of the molecule is Cc1ccc(-c2ccc(N(c3ccccc3)c3ccc(-c4cccnc4)cc3)c3oc4c5ccccc5ccc4c23)cc1. The molecular weight excluding hydrogens is 524 g/mol. The fourth-order valence-electron chi connectivity index (χ4n) is 6.08. The zero-order valence-corrected chi connectivity index (χ0v) is 23.7. The molecule has 0 aliphatic heterocycles. The monoisotopic (exact) mass is 552 g/mol. The van der Waals surface area contributed by atoms with E-state index >= 15 is 0 Å². The number of benzene rings is 6. The van der Waals surface area contributed by atoms with Crippen LogP contribution in [0.2, 0.25) is 0 Å². The van der Waals surface area contributed by atoms with Crippen LogP contribution in [-0.2, 0) is 0 Å². The second-order valence-corrected chi connectivity index (χ2v) is 10.9. The van der Waals surface area contributed by atoms with Gasteiger partial charge in [-0.15, -0.1) is 0 Å². The summed E-state index contributed by atoms with van der Waals surface area (Å²) in [6.07, 6.45) is 3.70. The van der Waals surface area contributed by atoms with Gasteiger partial charge in [0.15, 0.2) is 5.58 Å². The van der Waals surface area contributed by atoms with Crippen molar-refractivity contribution in [2.24, 2.45) is 0 Å². The van der Waals surface area contributed by atoms with E-state index in [9.17, 15) is 0 Å². The fourth-order valence-corrected chi connectivity index (χ4v) is 6.08. The summed E-state index contributed by atoms with van der Waals surface area (Å²) in [4.78, 5) is 6.60. The number of aromatic nitrogens is 1. The first-order valence-corrected chi connectivity index (χ1v) is 14.5. The predicted octanol–water partition coefficient (Wildman–Crippen LogP) is 11.2. The van der Waals surface area contributed by atoms with E-state index in [2.05, 4.69) is 150 Å². The van der Waals surface area contributed by atoms with Crippen molar-refractivity contribution in [3.8, 4) is 22.3 Å². The number of pyridine rings is 1. The van der Waals surface area contributed by atoms with Crippen LogP contribution in [0.5, 0.6) is 0 Å². The van der Waals surface area contributed by atoms with Gasteiger partial charge in [0.1, 0.15) is 5.58 Å². The van der Waals surface area contributed by atoms with Crippen LogP contribution in [0.3, 0.4) is 0 Å².